The first-order valence-electron chi connectivity index (χ1n) is 1.85. The van der Waals surface area contributed by atoms with Gasteiger partial charge in [-0.25, -0.2) is 0 Å². The maximum absolute atomic E-state index is 3.78. The molecule has 1 heterocycles. The maximum atomic E-state index is 3.78. The Morgan fingerprint density at radius 3 is 1.50 bits per heavy atom. The average molecular weight is 109 g/mol. The zero-order valence-electron chi connectivity index (χ0n) is 4.19. The molecule has 0 atom stereocenters. The summed E-state index contributed by atoms with van der Waals surface area (Å²) in [4.78, 5) is 3.78. The minimum Gasteiger partial charge on any atom is -0.265 e. The highest BCUT2D eigenvalue weighted by molar-refractivity contribution is 4.88. The van der Waals surface area contributed by atoms with Gasteiger partial charge in [-0.15, -0.1) is 0 Å². The van der Waals surface area contributed by atoms with Gasteiger partial charge in [-0.05, 0) is 12.1 Å². The van der Waals surface area contributed by atoms with Crippen molar-refractivity contribution < 1.29 is 5.48 Å². The molecular weight excluding hydrogens is 104 g/mol. The number of hydrogen-bond donors (Lipinski definition) is 0. The lowest BCUT2D eigenvalue weighted by molar-refractivity contribution is 0.686. The quantitative estimate of drug-likeness (QED) is 0.477. The Hall–Kier alpha value is -0.930. The number of rotatable bonds is 0. The van der Waals surface area contributed by atoms with E-state index >= 15 is 0 Å². The fourth-order valence-corrected chi connectivity index (χ4v) is 0.313. The lowest BCUT2D eigenvalue weighted by Gasteiger charge is -1.70. The van der Waals surface area contributed by atoms with E-state index in [9.17, 15) is 0 Å². The largest absolute Gasteiger partial charge is 0.265 e. The van der Waals surface area contributed by atoms with E-state index < -0.39 is 0 Å². The van der Waals surface area contributed by atoms with Gasteiger partial charge in [0.2, 0.25) is 0 Å². The average Bonchev–Trinajstić information content (AvgIpc) is 1.72. The minimum atomic E-state index is 0. The van der Waals surface area contributed by atoms with E-state index in [2.05, 4.69) is 4.98 Å². The standard InChI is InChI=1S/C5H5N.N.O/c1-2-4-6-5-3-1;;/h1-5H;;. The van der Waals surface area contributed by atoms with Gasteiger partial charge in [-0.2, -0.15) is 0 Å². The summed E-state index contributed by atoms with van der Waals surface area (Å²) in [6, 6.07) is 5.72. The van der Waals surface area contributed by atoms with Crippen LogP contribution in [0.15, 0.2) is 30.6 Å². The number of hydrogen-bond acceptors (Lipinski definition) is 1. The molecule has 1 rings (SSSR count). The van der Waals surface area contributed by atoms with Gasteiger partial charge in [0.25, 0.3) is 0 Å². The van der Waals surface area contributed by atoms with Crippen LogP contribution in [0.5, 0.6) is 0 Å². The van der Waals surface area contributed by atoms with Crippen LogP contribution in [0.4, 0.5) is 0 Å². The van der Waals surface area contributed by atoms with Crippen LogP contribution in [0.1, 0.15) is 0 Å². The normalized spacial score (nSPS) is 6.00. The third-order valence-corrected chi connectivity index (χ3v) is 0.566. The van der Waals surface area contributed by atoms with E-state index in [4.69, 9.17) is 0 Å². The molecule has 0 saturated carbocycles. The van der Waals surface area contributed by atoms with Crippen LogP contribution in [0.25, 0.3) is 0 Å². The van der Waals surface area contributed by atoms with Crippen LogP contribution in [0.3, 0.4) is 0 Å². The fraction of sp³-hybridized carbons (Fsp3) is 0. The minimum absolute atomic E-state index is 0. The second-order valence-electron chi connectivity index (χ2n) is 1.02. The third-order valence-electron chi connectivity index (χ3n) is 0.566. The molecule has 0 amide bonds. The summed E-state index contributed by atoms with van der Waals surface area (Å²) in [6.07, 6.45) is 3.50. The van der Waals surface area contributed by atoms with Crippen molar-refractivity contribution in [2.75, 3.05) is 0 Å². The van der Waals surface area contributed by atoms with Gasteiger partial charge >= 0.3 is 0 Å². The van der Waals surface area contributed by atoms with Crippen molar-refractivity contribution in [3.05, 3.63) is 30.6 Å². The molecular formula is C5H5N2O. The first-order valence-corrected chi connectivity index (χ1v) is 1.85. The third kappa shape index (κ3) is 3.27. The molecule has 3 nitrogen and oxygen atoms in total. The number of aromatic nitrogens is 1. The molecule has 0 N–H and O–H groups in total. The van der Waals surface area contributed by atoms with E-state index in [0.29, 0.717) is 0 Å². The summed E-state index contributed by atoms with van der Waals surface area (Å²) in [5.41, 5.74) is 0. The Morgan fingerprint density at radius 2 is 1.38 bits per heavy atom. The molecule has 0 spiro atoms. The molecule has 0 aliphatic rings. The van der Waals surface area contributed by atoms with E-state index in [0.717, 1.165) is 0 Å². The summed E-state index contributed by atoms with van der Waals surface area (Å²) < 4.78 is 0. The topological polar surface area (TPSA) is 71.9 Å². The molecule has 0 bridgehead atoms. The highest BCUT2D eigenvalue weighted by Crippen LogP contribution is 1.73. The van der Waals surface area contributed by atoms with Gasteiger partial charge in [0.05, 0.1) is 0 Å². The molecule has 8 heavy (non-hydrogen) atoms. The molecule has 0 unspecified atom stereocenters. The molecule has 3 heteroatoms. The fourth-order valence-electron chi connectivity index (χ4n) is 0.313. The summed E-state index contributed by atoms with van der Waals surface area (Å²) >= 11 is 0. The van der Waals surface area contributed by atoms with Crippen molar-refractivity contribution in [1.29, 1.82) is 0 Å². The second kappa shape index (κ2) is 6.07. The zero-order chi connectivity index (χ0) is 4.24. The smallest absolute Gasteiger partial charge is 0.0267 e. The number of pyridine rings is 1. The van der Waals surface area contributed by atoms with Crippen molar-refractivity contribution in [2.45, 2.75) is 0 Å². The van der Waals surface area contributed by atoms with Crippen molar-refractivity contribution in [3.63, 3.8) is 0 Å². The van der Waals surface area contributed by atoms with Gasteiger partial charge in [0.15, 0.2) is 0 Å². The molecule has 1 aromatic heterocycles. The second-order valence-corrected chi connectivity index (χ2v) is 1.02. The Bertz CT molecular complexity index is 82.4. The van der Waals surface area contributed by atoms with Gasteiger partial charge < -0.3 is 0 Å². The van der Waals surface area contributed by atoms with Gasteiger partial charge in [0.1, 0.15) is 0 Å². The van der Waals surface area contributed by atoms with Crippen LogP contribution in [-0.2, 0) is 5.48 Å². The maximum Gasteiger partial charge on any atom is 0.0267 e. The van der Waals surface area contributed by atoms with Crippen LogP contribution < -0.4 is 6.15 Å². The van der Waals surface area contributed by atoms with Crippen molar-refractivity contribution in [1.82, 2.24) is 11.1 Å². The lowest BCUT2D eigenvalue weighted by Crippen LogP contribution is -1.58. The Labute approximate surface area is 48.3 Å². The Kier molecular flexibility index (Phi) is 7.69. The van der Waals surface area contributed by atoms with E-state index in [1.54, 1.807) is 12.4 Å². The molecule has 0 aliphatic carbocycles. The molecule has 41 valence electrons. The van der Waals surface area contributed by atoms with Gasteiger partial charge in [-0.1, -0.05) is 6.07 Å². The van der Waals surface area contributed by atoms with Crippen LogP contribution >= 0.6 is 0 Å². The molecule has 0 saturated heterocycles. The predicted octanol–water partition coefficient (Wildman–Crippen LogP) is 0.482. The van der Waals surface area contributed by atoms with E-state index in [-0.39, 0.29) is 11.6 Å². The first-order chi connectivity index (χ1) is 3.00. The van der Waals surface area contributed by atoms with Crippen molar-refractivity contribution in [3.8, 4) is 0 Å². The first kappa shape index (κ1) is 10.1. The Balaban J connectivity index is 0. The van der Waals surface area contributed by atoms with Crippen molar-refractivity contribution >= 4 is 0 Å². The molecule has 0 fully saturated rings. The molecule has 1 aromatic rings. The molecule has 0 aromatic carbocycles. The van der Waals surface area contributed by atoms with E-state index in [1.807, 2.05) is 18.2 Å². The lowest BCUT2D eigenvalue weighted by atomic mass is 10.5. The van der Waals surface area contributed by atoms with Gasteiger partial charge in [0, 0.05) is 24.0 Å². The summed E-state index contributed by atoms with van der Waals surface area (Å²) in [5.74, 6) is 0. The van der Waals surface area contributed by atoms with Crippen LogP contribution in [-0.4, -0.2) is 4.98 Å². The Morgan fingerprint density at radius 1 is 0.875 bits per heavy atom. The summed E-state index contributed by atoms with van der Waals surface area (Å²) in [7, 11) is 0. The zero-order valence-corrected chi connectivity index (χ0v) is 4.19. The summed E-state index contributed by atoms with van der Waals surface area (Å²) in [6.45, 7) is 0. The molecule has 5 radical (unpaired) electrons. The van der Waals surface area contributed by atoms with Crippen molar-refractivity contribution in [2.24, 2.45) is 0 Å². The van der Waals surface area contributed by atoms with Crippen LogP contribution in [0.2, 0.25) is 0 Å². The SMILES string of the molecule is [N].[O].c1ccncc1. The van der Waals surface area contributed by atoms with Gasteiger partial charge in [-0.3, -0.25) is 4.98 Å². The van der Waals surface area contributed by atoms with E-state index in [1.165, 1.54) is 0 Å². The monoisotopic (exact) mass is 109 g/mol. The molecule has 0 aliphatic heterocycles. The number of nitrogens with zero attached hydrogens (tertiary/aromatic N) is 2. The highest BCUT2D eigenvalue weighted by atomic mass is 16.0. The summed E-state index contributed by atoms with van der Waals surface area (Å²) in [5, 5.41) is 0. The predicted molar refractivity (Wildman–Crippen MR) is 27.1 cm³/mol. The highest BCUT2D eigenvalue weighted by Gasteiger charge is 1.58. The van der Waals surface area contributed by atoms with Crippen LogP contribution in [0, 0.1) is 0 Å².